The molecule has 0 aromatic carbocycles. The van der Waals surface area contributed by atoms with E-state index in [-0.39, 0.29) is 11.8 Å². The maximum absolute atomic E-state index is 12.1. The van der Waals surface area contributed by atoms with E-state index in [1.165, 1.54) is 0 Å². The second-order valence-electron chi connectivity index (χ2n) is 6.45. The van der Waals surface area contributed by atoms with Crippen molar-refractivity contribution in [3.8, 4) is 0 Å². The largest absolute Gasteiger partial charge is 0.388 e. The molecule has 18 heavy (non-hydrogen) atoms. The predicted octanol–water partition coefficient (Wildman–Crippen LogP) is 0.521. The summed E-state index contributed by atoms with van der Waals surface area (Å²) in [7, 11) is 0. The van der Waals surface area contributed by atoms with Crippen LogP contribution in [-0.2, 0) is 9.59 Å². The molecular weight excluding hydrogens is 232 g/mol. The lowest BCUT2D eigenvalue weighted by molar-refractivity contribution is -0.138. The van der Waals surface area contributed by atoms with Gasteiger partial charge in [-0.1, -0.05) is 20.8 Å². The van der Waals surface area contributed by atoms with Gasteiger partial charge in [0.15, 0.2) is 0 Å². The highest BCUT2D eigenvalue weighted by molar-refractivity contribution is 5.89. The summed E-state index contributed by atoms with van der Waals surface area (Å²) in [6.07, 6.45) is 0.582. The van der Waals surface area contributed by atoms with E-state index >= 15 is 0 Å². The molecule has 0 radical (unpaired) electrons. The van der Waals surface area contributed by atoms with Gasteiger partial charge in [-0.2, -0.15) is 0 Å². The molecule has 0 saturated carbocycles. The number of carbonyl (C=O) groups excluding carboxylic acids is 2. The Balaban J connectivity index is 2.56. The van der Waals surface area contributed by atoms with Gasteiger partial charge in [-0.15, -0.1) is 0 Å². The third-order valence-corrected chi connectivity index (χ3v) is 3.16. The molecule has 0 spiro atoms. The van der Waals surface area contributed by atoms with Gasteiger partial charge in [0.05, 0.1) is 5.60 Å². The number of β-amino-alcohol motifs (C(OH)–C–C–N with tert-alkyl or cyclic N) is 1. The lowest BCUT2D eigenvalue weighted by Crippen LogP contribution is -2.49. The molecule has 0 aromatic rings. The van der Waals surface area contributed by atoms with Crippen molar-refractivity contribution in [1.82, 2.24) is 10.2 Å². The molecule has 1 rings (SSSR count). The Morgan fingerprint density at radius 1 is 1.39 bits per heavy atom. The van der Waals surface area contributed by atoms with Crippen LogP contribution < -0.4 is 5.32 Å². The molecule has 104 valence electrons. The lowest BCUT2D eigenvalue weighted by Gasteiger charge is -2.25. The maximum atomic E-state index is 12.1. The Hall–Kier alpha value is -1.10. The van der Waals surface area contributed by atoms with Crippen LogP contribution >= 0.6 is 0 Å². The van der Waals surface area contributed by atoms with Gasteiger partial charge in [0.2, 0.25) is 11.8 Å². The van der Waals surface area contributed by atoms with E-state index in [2.05, 4.69) is 5.32 Å². The highest BCUT2D eigenvalue weighted by Crippen LogP contribution is 2.21. The number of aliphatic hydroxyl groups is 1. The van der Waals surface area contributed by atoms with Gasteiger partial charge in [0, 0.05) is 18.5 Å². The van der Waals surface area contributed by atoms with Gasteiger partial charge in [-0.25, -0.2) is 0 Å². The molecule has 2 amide bonds. The summed E-state index contributed by atoms with van der Waals surface area (Å²) < 4.78 is 0. The minimum atomic E-state index is -0.802. The van der Waals surface area contributed by atoms with Gasteiger partial charge in [0.1, 0.15) is 6.04 Å². The second-order valence-corrected chi connectivity index (χ2v) is 6.45. The maximum Gasteiger partial charge on any atom is 0.244 e. The van der Waals surface area contributed by atoms with Crippen molar-refractivity contribution in [2.45, 2.75) is 52.7 Å². The van der Waals surface area contributed by atoms with Gasteiger partial charge in [-0.3, -0.25) is 9.59 Å². The molecule has 0 aromatic heterocycles. The van der Waals surface area contributed by atoms with Gasteiger partial charge in [0.25, 0.3) is 0 Å². The average Bonchev–Trinajstić information content (AvgIpc) is 2.56. The summed E-state index contributed by atoms with van der Waals surface area (Å²) in [5.41, 5.74) is -1.31. The quantitative estimate of drug-likeness (QED) is 0.757. The standard InChI is InChI=1S/C13H24N2O3/c1-9(14-11(17)12(2,3)4)10(16)15-7-6-13(5,18)8-15/h9,18H,6-8H2,1-5H3,(H,14,17). The first-order chi connectivity index (χ1) is 8.03. The lowest BCUT2D eigenvalue weighted by atomic mass is 9.95. The Bertz CT molecular complexity index is 345. The van der Waals surface area contributed by atoms with Crippen LogP contribution in [0.15, 0.2) is 0 Å². The van der Waals surface area contributed by atoms with Crippen molar-refractivity contribution < 1.29 is 14.7 Å². The van der Waals surface area contributed by atoms with Crippen molar-refractivity contribution in [1.29, 1.82) is 0 Å². The zero-order valence-corrected chi connectivity index (χ0v) is 11.9. The molecule has 0 bridgehead atoms. The van der Waals surface area contributed by atoms with E-state index < -0.39 is 17.1 Å². The number of nitrogens with zero attached hydrogens (tertiary/aromatic N) is 1. The van der Waals surface area contributed by atoms with E-state index in [0.29, 0.717) is 19.5 Å². The highest BCUT2D eigenvalue weighted by Gasteiger charge is 2.36. The van der Waals surface area contributed by atoms with E-state index in [4.69, 9.17) is 0 Å². The monoisotopic (exact) mass is 256 g/mol. The zero-order chi connectivity index (χ0) is 14.1. The highest BCUT2D eigenvalue weighted by atomic mass is 16.3. The van der Waals surface area contributed by atoms with Crippen LogP contribution in [-0.4, -0.2) is 46.6 Å². The fourth-order valence-corrected chi connectivity index (χ4v) is 1.88. The van der Waals surface area contributed by atoms with Gasteiger partial charge >= 0.3 is 0 Å². The number of rotatable bonds is 2. The topological polar surface area (TPSA) is 69.6 Å². The van der Waals surface area contributed by atoms with Crippen LogP contribution in [0.2, 0.25) is 0 Å². The van der Waals surface area contributed by atoms with Crippen molar-refractivity contribution in [3.05, 3.63) is 0 Å². The smallest absolute Gasteiger partial charge is 0.244 e. The summed E-state index contributed by atoms with van der Waals surface area (Å²) in [6.45, 7) is 9.70. The molecule has 1 saturated heterocycles. The molecule has 0 aliphatic carbocycles. The Morgan fingerprint density at radius 3 is 2.33 bits per heavy atom. The van der Waals surface area contributed by atoms with Crippen LogP contribution in [0.25, 0.3) is 0 Å². The van der Waals surface area contributed by atoms with E-state index in [1.807, 2.05) is 0 Å². The fourth-order valence-electron chi connectivity index (χ4n) is 1.88. The number of carbonyl (C=O) groups is 2. The van der Waals surface area contributed by atoms with E-state index in [0.717, 1.165) is 0 Å². The predicted molar refractivity (Wildman–Crippen MR) is 68.9 cm³/mol. The first kappa shape index (κ1) is 15.0. The molecule has 5 heteroatoms. The molecular formula is C13H24N2O3. The minimum absolute atomic E-state index is 0.134. The Kier molecular flexibility index (Phi) is 4.05. The van der Waals surface area contributed by atoms with E-state index in [1.54, 1.807) is 39.5 Å². The molecule has 1 aliphatic heterocycles. The Morgan fingerprint density at radius 2 is 1.94 bits per heavy atom. The average molecular weight is 256 g/mol. The summed E-state index contributed by atoms with van der Waals surface area (Å²) in [4.78, 5) is 25.5. The number of nitrogens with one attached hydrogen (secondary N) is 1. The number of likely N-dealkylation sites (tertiary alicyclic amines) is 1. The first-order valence-corrected chi connectivity index (χ1v) is 6.35. The third-order valence-electron chi connectivity index (χ3n) is 3.16. The third kappa shape index (κ3) is 3.70. The first-order valence-electron chi connectivity index (χ1n) is 6.35. The SMILES string of the molecule is CC(NC(=O)C(C)(C)C)C(=O)N1CCC(C)(O)C1. The van der Waals surface area contributed by atoms with E-state index in [9.17, 15) is 14.7 Å². The Labute approximate surface area is 109 Å². The number of hydrogen-bond donors (Lipinski definition) is 2. The van der Waals surface area contributed by atoms with Crippen molar-refractivity contribution in [2.24, 2.45) is 5.41 Å². The molecule has 2 unspecified atom stereocenters. The van der Waals surface area contributed by atoms with Crippen molar-refractivity contribution in [3.63, 3.8) is 0 Å². The number of hydrogen-bond acceptors (Lipinski definition) is 3. The van der Waals surface area contributed by atoms with Crippen LogP contribution in [0.1, 0.15) is 41.0 Å². The molecule has 1 fully saturated rings. The molecule has 2 atom stereocenters. The number of amides is 2. The van der Waals surface area contributed by atoms with Crippen LogP contribution in [0.5, 0.6) is 0 Å². The van der Waals surface area contributed by atoms with Crippen molar-refractivity contribution >= 4 is 11.8 Å². The summed E-state index contributed by atoms with van der Waals surface area (Å²) >= 11 is 0. The van der Waals surface area contributed by atoms with Crippen LogP contribution in [0.3, 0.4) is 0 Å². The fraction of sp³-hybridized carbons (Fsp3) is 0.846. The molecule has 1 aliphatic rings. The zero-order valence-electron chi connectivity index (χ0n) is 11.9. The summed E-state index contributed by atoms with van der Waals surface area (Å²) in [5.74, 6) is -0.278. The summed E-state index contributed by atoms with van der Waals surface area (Å²) in [5, 5.41) is 12.5. The van der Waals surface area contributed by atoms with Crippen LogP contribution in [0.4, 0.5) is 0 Å². The van der Waals surface area contributed by atoms with Gasteiger partial charge < -0.3 is 15.3 Å². The van der Waals surface area contributed by atoms with Crippen molar-refractivity contribution in [2.75, 3.05) is 13.1 Å². The normalized spacial score (nSPS) is 26.0. The van der Waals surface area contributed by atoms with Gasteiger partial charge in [-0.05, 0) is 20.3 Å². The second kappa shape index (κ2) is 4.88. The minimum Gasteiger partial charge on any atom is -0.388 e. The molecule has 1 heterocycles. The van der Waals surface area contributed by atoms with Crippen LogP contribution in [0, 0.1) is 5.41 Å². The molecule has 5 nitrogen and oxygen atoms in total. The molecule has 2 N–H and O–H groups in total. The summed E-state index contributed by atoms with van der Waals surface area (Å²) in [6, 6.07) is -0.550.